The van der Waals surface area contributed by atoms with Crippen molar-refractivity contribution in [1.82, 2.24) is 4.90 Å². The van der Waals surface area contributed by atoms with Gasteiger partial charge in [-0.25, -0.2) is 0 Å². The van der Waals surface area contributed by atoms with Crippen LogP contribution >= 0.6 is 0 Å². The topological polar surface area (TPSA) is 38.8 Å². The number of hydrogen-bond donors (Lipinski definition) is 0. The first-order valence-corrected chi connectivity index (χ1v) is 7.52. The van der Waals surface area contributed by atoms with Gasteiger partial charge in [-0.3, -0.25) is 4.79 Å². The lowest BCUT2D eigenvalue weighted by molar-refractivity contribution is 0.0681. The molecule has 0 saturated heterocycles. The molecule has 0 radical (unpaired) electrons. The summed E-state index contributed by atoms with van der Waals surface area (Å²) < 4.78 is 10.8. The number of ether oxygens (including phenoxy) is 2. The van der Waals surface area contributed by atoms with E-state index in [0.29, 0.717) is 29.6 Å². The Bertz CT molecular complexity index is 469. The second kappa shape index (κ2) is 7.91. The first-order valence-electron chi connectivity index (χ1n) is 7.52. The Morgan fingerprint density at radius 2 is 1.86 bits per heavy atom. The second-order valence-corrected chi connectivity index (χ2v) is 5.74. The van der Waals surface area contributed by atoms with Crippen molar-refractivity contribution >= 4 is 5.91 Å². The molecule has 1 amide bonds. The summed E-state index contributed by atoms with van der Waals surface area (Å²) in [5.74, 6) is 1.72. The van der Waals surface area contributed by atoms with Crippen LogP contribution in [0.25, 0.3) is 0 Å². The molecule has 1 rings (SSSR count). The molecular weight excluding hydrogens is 266 g/mol. The van der Waals surface area contributed by atoms with E-state index in [-0.39, 0.29) is 11.9 Å². The zero-order valence-electron chi connectivity index (χ0n) is 14.0. The molecule has 0 aliphatic heterocycles. The fraction of sp³-hybridized carbons (Fsp3) is 0.588. The van der Waals surface area contributed by atoms with E-state index < -0.39 is 0 Å². The summed E-state index contributed by atoms with van der Waals surface area (Å²) >= 11 is 0. The molecular formula is C17H27NO3. The fourth-order valence-electron chi connectivity index (χ4n) is 2.16. The lowest BCUT2D eigenvalue weighted by atomic mass is 10.1. The van der Waals surface area contributed by atoms with Gasteiger partial charge in [-0.15, -0.1) is 0 Å². The molecule has 21 heavy (non-hydrogen) atoms. The van der Waals surface area contributed by atoms with Crippen LogP contribution in [0.2, 0.25) is 0 Å². The van der Waals surface area contributed by atoms with Crippen molar-refractivity contribution in [3.05, 3.63) is 23.8 Å². The largest absolute Gasteiger partial charge is 0.493 e. The summed E-state index contributed by atoms with van der Waals surface area (Å²) in [5, 5.41) is 0. The van der Waals surface area contributed by atoms with E-state index in [0.717, 1.165) is 6.54 Å². The molecule has 118 valence electrons. The normalized spacial score (nSPS) is 10.9. The van der Waals surface area contributed by atoms with Gasteiger partial charge in [0, 0.05) is 18.2 Å². The average Bonchev–Trinajstić information content (AvgIpc) is 2.44. The summed E-state index contributed by atoms with van der Waals surface area (Å²) in [6, 6.07) is 5.51. The minimum absolute atomic E-state index is 0.0278. The van der Waals surface area contributed by atoms with Gasteiger partial charge in [0.2, 0.25) is 0 Å². The standard InChI is InChI=1S/C17H27NO3/c1-7-21-15-9-8-14(10-16(15)20-6)17(19)18(13(4)5)11-12(2)3/h8-10,12-13H,7,11H2,1-6H3. The third kappa shape index (κ3) is 4.66. The summed E-state index contributed by atoms with van der Waals surface area (Å²) in [6.45, 7) is 11.5. The summed E-state index contributed by atoms with van der Waals surface area (Å²) in [4.78, 5) is 14.6. The SMILES string of the molecule is CCOc1ccc(C(=O)N(CC(C)C)C(C)C)cc1OC. The average molecular weight is 293 g/mol. The molecule has 0 spiro atoms. The Kier molecular flexibility index (Phi) is 6.53. The smallest absolute Gasteiger partial charge is 0.254 e. The highest BCUT2D eigenvalue weighted by atomic mass is 16.5. The maximum Gasteiger partial charge on any atom is 0.254 e. The predicted molar refractivity (Wildman–Crippen MR) is 85.2 cm³/mol. The number of rotatable bonds is 7. The number of carbonyl (C=O) groups excluding carboxylic acids is 1. The highest BCUT2D eigenvalue weighted by Crippen LogP contribution is 2.28. The molecule has 0 unspecified atom stereocenters. The zero-order chi connectivity index (χ0) is 16.0. The monoisotopic (exact) mass is 293 g/mol. The van der Waals surface area contributed by atoms with E-state index >= 15 is 0 Å². The van der Waals surface area contributed by atoms with Gasteiger partial charge in [0.15, 0.2) is 11.5 Å². The van der Waals surface area contributed by atoms with E-state index in [1.807, 2.05) is 25.7 Å². The van der Waals surface area contributed by atoms with Crippen LogP contribution in [0, 0.1) is 5.92 Å². The van der Waals surface area contributed by atoms with Crippen LogP contribution < -0.4 is 9.47 Å². The molecule has 0 saturated carbocycles. The number of amides is 1. The molecule has 0 aliphatic carbocycles. The van der Waals surface area contributed by atoms with Gasteiger partial charge in [0.1, 0.15) is 0 Å². The molecule has 0 bridgehead atoms. The van der Waals surface area contributed by atoms with E-state index in [1.54, 1.807) is 25.3 Å². The van der Waals surface area contributed by atoms with Crippen LogP contribution in [0.15, 0.2) is 18.2 Å². The maximum atomic E-state index is 12.7. The maximum absolute atomic E-state index is 12.7. The number of benzene rings is 1. The predicted octanol–water partition coefficient (Wildman–Crippen LogP) is 3.60. The minimum atomic E-state index is 0.0278. The first kappa shape index (κ1) is 17.3. The van der Waals surface area contributed by atoms with Gasteiger partial charge in [0.25, 0.3) is 5.91 Å². The Balaban J connectivity index is 3.05. The molecule has 1 aromatic carbocycles. The number of hydrogen-bond acceptors (Lipinski definition) is 3. The second-order valence-electron chi connectivity index (χ2n) is 5.74. The van der Waals surface area contributed by atoms with Gasteiger partial charge >= 0.3 is 0 Å². The summed E-state index contributed by atoms with van der Waals surface area (Å²) in [6.07, 6.45) is 0. The van der Waals surface area contributed by atoms with E-state index in [4.69, 9.17) is 9.47 Å². The Morgan fingerprint density at radius 1 is 1.19 bits per heavy atom. The molecule has 0 fully saturated rings. The highest BCUT2D eigenvalue weighted by molar-refractivity contribution is 5.95. The Labute approximate surface area is 128 Å². The molecule has 4 nitrogen and oxygen atoms in total. The third-order valence-corrected chi connectivity index (χ3v) is 3.16. The van der Waals surface area contributed by atoms with E-state index in [2.05, 4.69) is 13.8 Å². The lowest BCUT2D eigenvalue weighted by Gasteiger charge is -2.28. The molecule has 4 heteroatoms. The van der Waals surface area contributed by atoms with Crippen molar-refractivity contribution in [3.8, 4) is 11.5 Å². The van der Waals surface area contributed by atoms with Crippen LogP contribution in [0.5, 0.6) is 11.5 Å². The van der Waals surface area contributed by atoms with Crippen molar-refractivity contribution in [2.45, 2.75) is 40.7 Å². The molecule has 0 N–H and O–H groups in total. The molecule has 0 atom stereocenters. The van der Waals surface area contributed by atoms with Crippen molar-refractivity contribution < 1.29 is 14.3 Å². The van der Waals surface area contributed by atoms with Crippen LogP contribution in [-0.4, -0.2) is 37.1 Å². The molecule has 0 aliphatic rings. The zero-order valence-corrected chi connectivity index (χ0v) is 14.0. The van der Waals surface area contributed by atoms with Gasteiger partial charge in [-0.1, -0.05) is 13.8 Å². The number of carbonyl (C=O) groups is 1. The minimum Gasteiger partial charge on any atom is -0.493 e. The number of nitrogens with zero attached hydrogens (tertiary/aromatic N) is 1. The lowest BCUT2D eigenvalue weighted by Crippen LogP contribution is -2.39. The van der Waals surface area contributed by atoms with Crippen LogP contribution in [0.1, 0.15) is 45.0 Å². The number of methoxy groups -OCH3 is 1. The highest BCUT2D eigenvalue weighted by Gasteiger charge is 2.21. The van der Waals surface area contributed by atoms with Gasteiger partial charge in [-0.2, -0.15) is 0 Å². The van der Waals surface area contributed by atoms with Gasteiger partial charge < -0.3 is 14.4 Å². The van der Waals surface area contributed by atoms with Gasteiger partial charge in [0.05, 0.1) is 13.7 Å². The molecule has 0 heterocycles. The van der Waals surface area contributed by atoms with E-state index in [9.17, 15) is 4.79 Å². The van der Waals surface area contributed by atoms with Crippen LogP contribution in [-0.2, 0) is 0 Å². The summed E-state index contributed by atoms with van der Waals surface area (Å²) in [7, 11) is 1.58. The molecule has 1 aromatic rings. The van der Waals surface area contributed by atoms with E-state index in [1.165, 1.54) is 0 Å². The van der Waals surface area contributed by atoms with Crippen LogP contribution in [0.3, 0.4) is 0 Å². The fourth-order valence-corrected chi connectivity index (χ4v) is 2.16. The first-order chi connectivity index (χ1) is 9.90. The van der Waals surface area contributed by atoms with Crippen molar-refractivity contribution in [3.63, 3.8) is 0 Å². The van der Waals surface area contributed by atoms with Crippen LogP contribution in [0.4, 0.5) is 0 Å². The van der Waals surface area contributed by atoms with Crippen molar-refractivity contribution in [1.29, 1.82) is 0 Å². The summed E-state index contributed by atoms with van der Waals surface area (Å²) in [5.41, 5.74) is 0.629. The van der Waals surface area contributed by atoms with Crippen molar-refractivity contribution in [2.75, 3.05) is 20.3 Å². The van der Waals surface area contributed by atoms with Crippen molar-refractivity contribution in [2.24, 2.45) is 5.92 Å². The Morgan fingerprint density at radius 3 is 2.33 bits per heavy atom. The quantitative estimate of drug-likeness (QED) is 0.771. The Hall–Kier alpha value is -1.71. The molecule has 0 aromatic heterocycles. The van der Waals surface area contributed by atoms with Gasteiger partial charge in [-0.05, 0) is 44.9 Å². The third-order valence-electron chi connectivity index (χ3n) is 3.16.